The Balaban J connectivity index is 1.29. The van der Waals surface area contributed by atoms with Gasteiger partial charge >= 0.3 is 6.03 Å². The van der Waals surface area contributed by atoms with Gasteiger partial charge < -0.3 is 20.3 Å². The average Bonchev–Trinajstić information content (AvgIpc) is 3.29. The number of benzene rings is 1. The number of likely N-dealkylation sites (tertiary alicyclic amines) is 1. The van der Waals surface area contributed by atoms with Crippen molar-refractivity contribution in [3.8, 4) is 5.75 Å². The first-order valence-electron chi connectivity index (χ1n) is 8.81. The molecule has 2 fully saturated rings. The van der Waals surface area contributed by atoms with Crippen LogP contribution in [0.4, 0.5) is 10.5 Å². The smallest absolute Gasteiger partial charge is 0.321 e. The number of urea groups is 1. The lowest BCUT2D eigenvalue weighted by molar-refractivity contribution is -0.126. The van der Waals surface area contributed by atoms with E-state index >= 15 is 0 Å². The van der Waals surface area contributed by atoms with E-state index in [1.807, 2.05) is 18.2 Å². The third-order valence-electron chi connectivity index (χ3n) is 5.02. The van der Waals surface area contributed by atoms with Crippen molar-refractivity contribution in [2.75, 3.05) is 25.0 Å². The summed E-state index contributed by atoms with van der Waals surface area (Å²) in [6, 6.07) is 6.08. The van der Waals surface area contributed by atoms with Gasteiger partial charge in [-0.2, -0.15) is 0 Å². The summed E-state index contributed by atoms with van der Waals surface area (Å²) in [6.07, 6.45) is 4.59. The van der Waals surface area contributed by atoms with E-state index in [2.05, 4.69) is 10.6 Å². The molecule has 1 aromatic rings. The van der Waals surface area contributed by atoms with E-state index in [-0.39, 0.29) is 17.9 Å². The fourth-order valence-electron chi connectivity index (χ4n) is 3.36. The molecule has 3 amide bonds. The number of ether oxygens (including phenoxy) is 1. The Morgan fingerprint density at radius 1 is 1.12 bits per heavy atom. The molecule has 1 saturated heterocycles. The number of anilines is 1. The van der Waals surface area contributed by atoms with Crippen molar-refractivity contribution < 1.29 is 14.3 Å². The molecule has 2 N–H and O–H groups in total. The van der Waals surface area contributed by atoms with Crippen molar-refractivity contribution >= 4 is 17.6 Å². The molecule has 0 spiro atoms. The zero-order valence-electron chi connectivity index (χ0n) is 13.7. The second kappa shape index (κ2) is 6.34. The van der Waals surface area contributed by atoms with Crippen LogP contribution in [0.3, 0.4) is 0 Å². The van der Waals surface area contributed by atoms with Crippen molar-refractivity contribution in [2.24, 2.45) is 5.92 Å². The van der Waals surface area contributed by atoms with Gasteiger partial charge in [0, 0.05) is 37.2 Å². The highest BCUT2D eigenvalue weighted by Crippen LogP contribution is 2.28. The third-order valence-corrected chi connectivity index (χ3v) is 5.02. The van der Waals surface area contributed by atoms with Gasteiger partial charge in [0.15, 0.2) is 0 Å². The number of fused-ring (bicyclic) bond motifs is 1. The Labute approximate surface area is 141 Å². The van der Waals surface area contributed by atoms with Crippen LogP contribution in [0.15, 0.2) is 18.2 Å². The van der Waals surface area contributed by atoms with Crippen LogP contribution in [0.1, 0.15) is 31.2 Å². The zero-order chi connectivity index (χ0) is 16.5. The minimum absolute atomic E-state index is 0.0480. The first kappa shape index (κ1) is 15.3. The number of nitrogens with one attached hydrogen (secondary N) is 2. The van der Waals surface area contributed by atoms with Gasteiger partial charge in [-0.3, -0.25) is 4.79 Å². The Kier molecular flexibility index (Phi) is 4.04. The lowest BCUT2D eigenvalue weighted by Gasteiger charge is -2.31. The Hall–Kier alpha value is -2.24. The largest absolute Gasteiger partial charge is 0.493 e. The molecule has 0 radical (unpaired) electrons. The molecule has 1 aromatic carbocycles. The van der Waals surface area contributed by atoms with Crippen LogP contribution < -0.4 is 15.4 Å². The van der Waals surface area contributed by atoms with Crippen LogP contribution in [-0.2, 0) is 11.2 Å². The summed E-state index contributed by atoms with van der Waals surface area (Å²) in [7, 11) is 0. The van der Waals surface area contributed by atoms with Crippen molar-refractivity contribution in [3.05, 3.63) is 23.8 Å². The Morgan fingerprint density at radius 2 is 1.92 bits per heavy atom. The number of nitrogens with zero attached hydrogens (tertiary/aromatic N) is 1. The average molecular weight is 329 g/mol. The molecule has 0 aromatic heterocycles. The molecule has 3 aliphatic rings. The van der Waals surface area contributed by atoms with E-state index in [0.29, 0.717) is 25.7 Å². The number of rotatable bonds is 3. The van der Waals surface area contributed by atoms with Gasteiger partial charge in [-0.05, 0) is 49.4 Å². The zero-order valence-corrected chi connectivity index (χ0v) is 13.7. The summed E-state index contributed by atoms with van der Waals surface area (Å²) >= 11 is 0. The van der Waals surface area contributed by atoms with Crippen LogP contribution in [0.2, 0.25) is 0 Å². The number of hydrogen-bond acceptors (Lipinski definition) is 3. The molecule has 6 nitrogen and oxygen atoms in total. The van der Waals surface area contributed by atoms with Crippen LogP contribution in [-0.4, -0.2) is 42.6 Å². The summed E-state index contributed by atoms with van der Waals surface area (Å²) in [6.45, 7) is 1.97. The number of hydrogen-bond donors (Lipinski definition) is 2. The maximum atomic E-state index is 12.4. The van der Waals surface area contributed by atoms with E-state index in [0.717, 1.165) is 49.1 Å². The lowest BCUT2D eigenvalue weighted by atomic mass is 9.96. The van der Waals surface area contributed by atoms with Crippen molar-refractivity contribution in [3.63, 3.8) is 0 Å². The molecule has 1 aliphatic carbocycles. The predicted octanol–water partition coefficient (Wildman–Crippen LogP) is 2.14. The molecule has 2 aliphatic heterocycles. The van der Waals surface area contributed by atoms with E-state index in [1.165, 1.54) is 0 Å². The highest BCUT2D eigenvalue weighted by atomic mass is 16.5. The summed E-state index contributed by atoms with van der Waals surface area (Å²) < 4.78 is 5.48. The van der Waals surface area contributed by atoms with E-state index in [9.17, 15) is 9.59 Å². The molecular weight excluding hydrogens is 306 g/mol. The normalized spacial score (nSPS) is 20.2. The Morgan fingerprint density at radius 3 is 2.67 bits per heavy atom. The molecule has 128 valence electrons. The van der Waals surface area contributed by atoms with Crippen molar-refractivity contribution in [1.82, 2.24) is 10.2 Å². The topological polar surface area (TPSA) is 70.7 Å². The number of piperidine rings is 1. The van der Waals surface area contributed by atoms with Gasteiger partial charge in [0.25, 0.3) is 0 Å². The fraction of sp³-hybridized carbons (Fsp3) is 0.556. The van der Waals surface area contributed by atoms with Gasteiger partial charge in [0.2, 0.25) is 5.91 Å². The minimum atomic E-state index is -0.0880. The maximum absolute atomic E-state index is 12.4. The molecule has 0 bridgehead atoms. The van der Waals surface area contributed by atoms with Crippen LogP contribution in [0.25, 0.3) is 0 Å². The van der Waals surface area contributed by atoms with Crippen molar-refractivity contribution in [2.45, 2.75) is 38.1 Å². The third kappa shape index (κ3) is 3.32. The quantitative estimate of drug-likeness (QED) is 0.892. The number of carbonyl (C=O) groups is 2. The summed E-state index contributed by atoms with van der Waals surface area (Å²) in [5.41, 5.74) is 1.95. The fourth-order valence-corrected chi connectivity index (χ4v) is 3.36. The summed E-state index contributed by atoms with van der Waals surface area (Å²) in [5.74, 6) is 1.12. The summed E-state index contributed by atoms with van der Waals surface area (Å²) in [4.78, 5) is 26.3. The predicted molar refractivity (Wildman–Crippen MR) is 90.1 cm³/mol. The lowest BCUT2D eigenvalue weighted by Crippen LogP contribution is -2.44. The molecule has 1 saturated carbocycles. The standard InChI is InChI=1S/C18H23N3O3/c22-17(19-14-1-2-14)12-5-8-21(9-6-12)18(23)20-15-3-4-16-13(11-15)7-10-24-16/h3-4,11-12,14H,1-2,5-10H2,(H,19,22)(H,20,23). The highest BCUT2D eigenvalue weighted by molar-refractivity contribution is 5.90. The highest BCUT2D eigenvalue weighted by Gasteiger charge is 2.31. The first-order valence-corrected chi connectivity index (χ1v) is 8.81. The van der Waals surface area contributed by atoms with Crippen LogP contribution >= 0.6 is 0 Å². The molecule has 6 heteroatoms. The molecule has 2 heterocycles. The number of amides is 3. The van der Waals surface area contributed by atoms with Gasteiger partial charge in [-0.1, -0.05) is 0 Å². The monoisotopic (exact) mass is 329 g/mol. The van der Waals surface area contributed by atoms with Gasteiger partial charge in [-0.15, -0.1) is 0 Å². The maximum Gasteiger partial charge on any atom is 0.321 e. The van der Waals surface area contributed by atoms with Gasteiger partial charge in [0.1, 0.15) is 5.75 Å². The van der Waals surface area contributed by atoms with E-state index < -0.39 is 0 Å². The molecule has 0 unspecified atom stereocenters. The summed E-state index contributed by atoms with van der Waals surface area (Å²) in [5, 5.41) is 6.02. The van der Waals surface area contributed by atoms with Gasteiger partial charge in [0.05, 0.1) is 6.61 Å². The van der Waals surface area contributed by atoms with Crippen LogP contribution in [0.5, 0.6) is 5.75 Å². The SMILES string of the molecule is O=C(NC1CC1)C1CCN(C(=O)Nc2ccc3c(c2)CCO3)CC1. The van der Waals surface area contributed by atoms with Crippen molar-refractivity contribution in [1.29, 1.82) is 0 Å². The molecule has 24 heavy (non-hydrogen) atoms. The molecular formula is C18H23N3O3. The van der Waals surface area contributed by atoms with E-state index in [1.54, 1.807) is 4.90 Å². The van der Waals surface area contributed by atoms with E-state index in [4.69, 9.17) is 4.74 Å². The minimum Gasteiger partial charge on any atom is -0.493 e. The van der Waals surface area contributed by atoms with Gasteiger partial charge in [-0.25, -0.2) is 4.79 Å². The molecule has 0 atom stereocenters. The first-order chi connectivity index (χ1) is 11.7. The second-order valence-corrected chi connectivity index (χ2v) is 6.90. The number of carbonyl (C=O) groups excluding carboxylic acids is 2. The Bertz CT molecular complexity index is 649. The molecule has 4 rings (SSSR count). The van der Waals surface area contributed by atoms with Crippen LogP contribution in [0, 0.1) is 5.92 Å². The second-order valence-electron chi connectivity index (χ2n) is 6.90.